The largest absolute Gasteiger partial charge is 0.398 e. The maximum absolute atomic E-state index is 14.0. The summed E-state index contributed by atoms with van der Waals surface area (Å²) in [6, 6.07) is 17.3. The van der Waals surface area contributed by atoms with Gasteiger partial charge in [-0.25, -0.2) is 18.4 Å². The molecule has 0 aliphatic heterocycles. The van der Waals surface area contributed by atoms with Gasteiger partial charge in [-0.2, -0.15) is 10.4 Å². The molecule has 0 amide bonds. The van der Waals surface area contributed by atoms with Gasteiger partial charge in [0.25, 0.3) is 6.43 Å². The second-order valence-electron chi connectivity index (χ2n) is 6.35. The average Bonchev–Trinajstić information content (AvgIpc) is 3.05. The number of anilines is 1. The lowest BCUT2D eigenvalue weighted by atomic mass is 10.0. The number of benzene rings is 2. The minimum absolute atomic E-state index is 0.151. The Labute approximate surface area is 159 Å². The zero-order valence-corrected chi connectivity index (χ0v) is 14.9. The minimum atomic E-state index is -2.71. The van der Waals surface area contributed by atoms with Crippen molar-refractivity contribution in [3.63, 3.8) is 0 Å². The number of fused-ring (bicyclic) bond motifs is 1. The molecule has 0 fully saturated rings. The van der Waals surface area contributed by atoms with Crippen molar-refractivity contribution in [3.05, 3.63) is 65.7 Å². The first-order valence-corrected chi connectivity index (χ1v) is 8.51. The lowest BCUT2D eigenvalue weighted by molar-refractivity contribution is 0.153. The number of nitrogen functional groups attached to an aromatic ring is 1. The molecule has 0 saturated carbocycles. The molecule has 2 aromatic heterocycles. The highest BCUT2D eigenvalue weighted by Gasteiger charge is 2.22. The lowest BCUT2D eigenvalue weighted by Gasteiger charge is -2.09. The molecule has 0 aliphatic rings. The predicted octanol–water partition coefficient (Wildman–Crippen LogP) is 4.69. The summed E-state index contributed by atoms with van der Waals surface area (Å²) in [5.41, 5.74) is 8.63. The first-order valence-electron chi connectivity index (χ1n) is 8.51. The maximum Gasteiger partial charge on any atom is 0.264 e. The van der Waals surface area contributed by atoms with Gasteiger partial charge >= 0.3 is 0 Å². The topological polar surface area (TPSA) is 80.5 Å². The molecule has 28 heavy (non-hydrogen) atoms. The second kappa shape index (κ2) is 6.74. The van der Waals surface area contributed by atoms with Crippen LogP contribution in [0.2, 0.25) is 0 Å². The van der Waals surface area contributed by atoms with Gasteiger partial charge in [-0.1, -0.05) is 36.4 Å². The maximum atomic E-state index is 14.0. The lowest BCUT2D eigenvalue weighted by Crippen LogP contribution is -1.97. The van der Waals surface area contributed by atoms with E-state index in [1.165, 1.54) is 10.7 Å². The molecule has 0 unspecified atom stereocenters. The molecule has 2 N–H and O–H groups in total. The van der Waals surface area contributed by atoms with Gasteiger partial charge in [0.2, 0.25) is 0 Å². The Morgan fingerprint density at radius 1 is 1.07 bits per heavy atom. The third kappa shape index (κ3) is 2.85. The average molecular weight is 375 g/mol. The van der Waals surface area contributed by atoms with Crippen molar-refractivity contribution in [1.29, 1.82) is 5.26 Å². The van der Waals surface area contributed by atoms with E-state index in [0.29, 0.717) is 33.7 Å². The minimum Gasteiger partial charge on any atom is -0.398 e. The van der Waals surface area contributed by atoms with Crippen LogP contribution in [-0.2, 0) is 7.05 Å². The molecule has 7 heteroatoms. The van der Waals surface area contributed by atoms with Crippen LogP contribution in [0.5, 0.6) is 0 Å². The summed E-state index contributed by atoms with van der Waals surface area (Å²) in [5, 5.41) is 14.0. The van der Waals surface area contributed by atoms with Gasteiger partial charge in [0.1, 0.15) is 11.8 Å². The number of nitriles is 1. The molecule has 0 spiro atoms. The Hall–Kier alpha value is -3.79. The Kier molecular flexibility index (Phi) is 4.24. The fraction of sp³-hybridized carbons (Fsp3) is 0.0952. The summed E-state index contributed by atoms with van der Waals surface area (Å²) in [6.45, 7) is 0. The number of aromatic nitrogens is 3. The van der Waals surface area contributed by atoms with Crippen LogP contribution in [0.25, 0.3) is 33.5 Å². The standard InChI is InChI=1S/C21H15F2N5/c1-28-21-18(19(27-28)12-5-3-2-4-6-12)15(20(22)23)10-17(26-21)13-7-8-16(25)14(9-13)11-24/h2-10,20H,25H2,1H3. The number of alkyl halides is 2. The summed E-state index contributed by atoms with van der Waals surface area (Å²) in [5.74, 6) is 0. The molecule has 4 aromatic rings. The van der Waals surface area contributed by atoms with Crippen LogP contribution in [0.15, 0.2) is 54.6 Å². The van der Waals surface area contributed by atoms with E-state index in [4.69, 9.17) is 5.73 Å². The van der Waals surface area contributed by atoms with E-state index in [1.54, 1.807) is 25.2 Å². The van der Waals surface area contributed by atoms with Crippen molar-refractivity contribution in [1.82, 2.24) is 14.8 Å². The van der Waals surface area contributed by atoms with E-state index >= 15 is 0 Å². The van der Waals surface area contributed by atoms with Crippen molar-refractivity contribution < 1.29 is 8.78 Å². The third-order valence-electron chi connectivity index (χ3n) is 4.58. The van der Waals surface area contributed by atoms with Gasteiger partial charge < -0.3 is 5.73 Å². The molecular weight excluding hydrogens is 360 g/mol. The summed E-state index contributed by atoms with van der Waals surface area (Å²) in [4.78, 5) is 4.56. The van der Waals surface area contributed by atoms with Crippen LogP contribution >= 0.6 is 0 Å². The van der Waals surface area contributed by atoms with E-state index in [0.717, 1.165) is 5.56 Å². The fourth-order valence-electron chi connectivity index (χ4n) is 3.21. The van der Waals surface area contributed by atoms with Crippen LogP contribution in [0.1, 0.15) is 17.6 Å². The smallest absolute Gasteiger partial charge is 0.264 e. The van der Waals surface area contributed by atoms with Crippen molar-refractivity contribution >= 4 is 16.7 Å². The number of halogens is 2. The summed E-state index contributed by atoms with van der Waals surface area (Å²) < 4.78 is 29.4. The van der Waals surface area contributed by atoms with Gasteiger partial charge in [-0.15, -0.1) is 0 Å². The fourth-order valence-corrected chi connectivity index (χ4v) is 3.21. The van der Waals surface area contributed by atoms with Crippen molar-refractivity contribution in [2.24, 2.45) is 7.05 Å². The summed E-state index contributed by atoms with van der Waals surface area (Å²) in [6.07, 6.45) is -2.71. The van der Waals surface area contributed by atoms with Gasteiger partial charge in [0.15, 0.2) is 5.65 Å². The molecule has 138 valence electrons. The molecule has 0 radical (unpaired) electrons. The van der Waals surface area contributed by atoms with Crippen molar-refractivity contribution in [2.45, 2.75) is 6.43 Å². The molecule has 0 saturated heterocycles. The van der Waals surface area contributed by atoms with E-state index < -0.39 is 6.43 Å². The first-order chi connectivity index (χ1) is 13.5. The van der Waals surface area contributed by atoms with Crippen LogP contribution in [0, 0.1) is 11.3 Å². The van der Waals surface area contributed by atoms with Crippen LogP contribution in [0.4, 0.5) is 14.5 Å². The van der Waals surface area contributed by atoms with Gasteiger partial charge in [-0.05, 0) is 18.2 Å². The number of hydrogen-bond acceptors (Lipinski definition) is 4. The highest BCUT2D eigenvalue weighted by atomic mass is 19.3. The van der Waals surface area contributed by atoms with Crippen molar-refractivity contribution in [2.75, 3.05) is 5.73 Å². The summed E-state index contributed by atoms with van der Waals surface area (Å²) in [7, 11) is 1.67. The van der Waals surface area contributed by atoms with Gasteiger partial charge in [0.05, 0.1) is 16.6 Å². The van der Waals surface area contributed by atoms with Gasteiger partial charge in [0, 0.05) is 29.4 Å². The number of aryl methyl sites for hydroxylation is 1. The number of nitrogens with zero attached hydrogens (tertiary/aromatic N) is 4. The Morgan fingerprint density at radius 3 is 2.50 bits per heavy atom. The molecule has 2 heterocycles. The summed E-state index contributed by atoms with van der Waals surface area (Å²) >= 11 is 0. The predicted molar refractivity (Wildman–Crippen MR) is 103 cm³/mol. The van der Waals surface area contributed by atoms with E-state index in [-0.39, 0.29) is 11.1 Å². The SMILES string of the molecule is Cn1nc(-c2ccccc2)c2c(C(F)F)cc(-c3ccc(N)c(C#N)c3)nc21. The molecule has 0 bridgehead atoms. The zero-order chi connectivity index (χ0) is 19.8. The van der Waals surface area contributed by atoms with Gasteiger partial charge in [-0.3, -0.25) is 0 Å². The van der Waals surface area contributed by atoms with Crippen LogP contribution < -0.4 is 5.73 Å². The molecule has 0 aliphatic carbocycles. The molecule has 0 atom stereocenters. The molecule has 4 rings (SSSR count). The number of pyridine rings is 1. The molecule has 5 nitrogen and oxygen atoms in total. The second-order valence-corrected chi connectivity index (χ2v) is 6.35. The Bertz CT molecular complexity index is 1220. The highest BCUT2D eigenvalue weighted by molar-refractivity contribution is 5.95. The third-order valence-corrected chi connectivity index (χ3v) is 4.58. The van der Waals surface area contributed by atoms with E-state index in [1.807, 2.05) is 36.4 Å². The molecule has 2 aromatic carbocycles. The van der Waals surface area contributed by atoms with E-state index in [9.17, 15) is 14.0 Å². The number of hydrogen-bond donors (Lipinski definition) is 1. The van der Waals surface area contributed by atoms with Crippen molar-refractivity contribution in [3.8, 4) is 28.6 Å². The number of rotatable bonds is 3. The Balaban J connectivity index is 2.01. The normalized spacial score (nSPS) is 11.1. The highest BCUT2D eigenvalue weighted by Crippen LogP contribution is 2.37. The van der Waals surface area contributed by atoms with Crippen LogP contribution in [-0.4, -0.2) is 14.8 Å². The monoisotopic (exact) mass is 375 g/mol. The van der Waals surface area contributed by atoms with Crippen LogP contribution in [0.3, 0.4) is 0 Å². The number of nitrogens with two attached hydrogens (primary N) is 1. The molecular formula is C21H15F2N5. The zero-order valence-electron chi connectivity index (χ0n) is 14.9. The first kappa shape index (κ1) is 17.6. The van der Waals surface area contributed by atoms with E-state index in [2.05, 4.69) is 10.1 Å². The Morgan fingerprint density at radius 2 is 1.82 bits per heavy atom. The quantitative estimate of drug-likeness (QED) is 0.527.